The zero-order valence-electron chi connectivity index (χ0n) is 16.7. The highest BCUT2D eigenvalue weighted by molar-refractivity contribution is 5.94. The van der Waals surface area contributed by atoms with E-state index in [0.717, 1.165) is 27.2 Å². The quantitative estimate of drug-likeness (QED) is 0.419. The van der Waals surface area contributed by atoms with Crippen LogP contribution in [0, 0.1) is 0 Å². The SMILES string of the molecule is O=C(NCc1ccc2cnccc2c1)c1cccc(Oc2ccnc3ccccc23)c1. The smallest absolute Gasteiger partial charge is 0.251 e. The Balaban J connectivity index is 1.31. The molecule has 2 aromatic heterocycles. The molecular weight excluding hydrogens is 386 g/mol. The van der Waals surface area contributed by atoms with E-state index in [4.69, 9.17) is 4.74 Å². The lowest BCUT2D eigenvalue weighted by Crippen LogP contribution is -2.22. The summed E-state index contributed by atoms with van der Waals surface area (Å²) in [5, 5.41) is 6.08. The summed E-state index contributed by atoms with van der Waals surface area (Å²) in [6.07, 6.45) is 5.31. The number of benzene rings is 3. The Morgan fingerprint density at radius 2 is 1.81 bits per heavy atom. The van der Waals surface area contributed by atoms with E-state index in [1.165, 1.54) is 0 Å². The molecule has 0 bridgehead atoms. The van der Waals surface area contributed by atoms with Crippen LogP contribution in [0.15, 0.2) is 97.5 Å². The molecule has 0 aliphatic rings. The fourth-order valence-corrected chi connectivity index (χ4v) is 3.51. The van der Waals surface area contributed by atoms with E-state index in [2.05, 4.69) is 21.4 Å². The highest BCUT2D eigenvalue weighted by Gasteiger charge is 2.09. The molecule has 1 amide bonds. The van der Waals surface area contributed by atoms with Gasteiger partial charge in [-0.15, -0.1) is 0 Å². The van der Waals surface area contributed by atoms with Gasteiger partial charge in [-0.05, 0) is 59.5 Å². The number of nitrogens with one attached hydrogen (secondary N) is 1. The van der Waals surface area contributed by atoms with Crippen LogP contribution in [0.4, 0.5) is 0 Å². The fraction of sp³-hybridized carbons (Fsp3) is 0.0385. The second-order valence-corrected chi connectivity index (χ2v) is 7.20. The number of pyridine rings is 2. The molecular formula is C26H19N3O2. The molecule has 5 heteroatoms. The minimum atomic E-state index is -0.153. The molecule has 5 aromatic rings. The van der Waals surface area contributed by atoms with Crippen LogP contribution in [0.3, 0.4) is 0 Å². The van der Waals surface area contributed by atoms with Crippen molar-refractivity contribution in [2.45, 2.75) is 6.54 Å². The number of rotatable bonds is 5. The minimum Gasteiger partial charge on any atom is -0.457 e. The zero-order chi connectivity index (χ0) is 21.0. The lowest BCUT2D eigenvalue weighted by Gasteiger charge is -2.10. The second-order valence-electron chi connectivity index (χ2n) is 7.20. The summed E-state index contributed by atoms with van der Waals surface area (Å²) >= 11 is 0. The van der Waals surface area contributed by atoms with Gasteiger partial charge in [-0.2, -0.15) is 0 Å². The number of ether oxygens (including phenoxy) is 1. The first kappa shape index (κ1) is 18.8. The van der Waals surface area contributed by atoms with Gasteiger partial charge < -0.3 is 10.1 Å². The van der Waals surface area contributed by atoms with Gasteiger partial charge >= 0.3 is 0 Å². The number of amides is 1. The molecule has 0 saturated heterocycles. The molecule has 0 unspecified atom stereocenters. The first-order valence-electron chi connectivity index (χ1n) is 9.99. The summed E-state index contributed by atoms with van der Waals surface area (Å²) in [6.45, 7) is 0.442. The summed E-state index contributed by atoms with van der Waals surface area (Å²) in [7, 11) is 0. The van der Waals surface area contributed by atoms with Crippen LogP contribution in [0.5, 0.6) is 11.5 Å². The molecule has 0 aliphatic heterocycles. The third kappa shape index (κ3) is 4.07. The van der Waals surface area contributed by atoms with Crippen molar-refractivity contribution in [2.75, 3.05) is 0 Å². The lowest BCUT2D eigenvalue weighted by molar-refractivity contribution is 0.0950. The van der Waals surface area contributed by atoms with E-state index in [9.17, 15) is 4.79 Å². The number of nitrogens with zero attached hydrogens (tertiary/aromatic N) is 2. The van der Waals surface area contributed by atoms with Gasteiger partial charge in [0, 0.05) is 41.5 Å². The summed E-state index contributed by atoms with van der Waals surface area (Å²) in [5.41, 5.74) is 2.43. The van der Waals surface area contributed by atoms with Crippen LogP contribution in [-0.2, 0) is 6.54 Å². The standard InChI is InChI=1S/C26H19N3O2/c30-26(29-16-18-8-9-21-17-27-12-10-19(21)14-18)20-4-3-5-22(15-20)31-25-11-13-28-24-7-2-1-6-23(24)25/h1-15,17H,16H2,(H,29,30). The number of para-hydroxylation sites is 1. The van der Waals surface area contributed by atoms with Crippen molar-refractivity contribution >= 4 is 27.6 Å². The van der Waals surface area contributed by atoms with E-state index >= 15 is 0 Å². The fourth-order valence-electron chi connectivity index (χ4n) is 3.51. The molecule has 31 heavy (non-hydrogen) atoms. The Kier molecular flexibility index (Phi) is 4.99. The van der Waals surface area contributed by atoms with Crippen LogP contribution >= 0.6 is 0 Å². The predicted octanol–water partition coefficient (Wildman–Crippen LogP) is 5.51. The van der Waals surface area contributed by atoms with E-state index < -0.39 is 0 Å². The van der Waals surface area contributed by atoms with Crippen LogP contribution in [0.25, 0.3) is 21.7 Å². The largest absolute Gasteiger partial charge is 0.457 e. The van der Waals surface area contributed by atoms with E-state index in [-0.39, 0.29) is 5.91 Å². The van der Waals surface area contributed by atoms with Crippen molar-refractivity contribution in [1.82, 2.24) is 15.3 Å². The van der Waals surface area contributed by atoms with Gasteiger partial charge in [-0.3, -0.25) is 14.8 Å². The topological polar surface area (TPSA) is 64.1 Å². The number of carbonyl (C=O) groups is 1. The van der Waals surface area contributed by atoms with Crippen molar-refractivity contribution in [2.24, 2.45) is 0 Å². The summed E-state index contributed by atoms with van der Waals surface area (Å²) in [5.74, 6) is 1.15. The van der Waals surface area contributed by atoms with Gasteiger partial charge in [0.1, 0.15) is 11.5 Å². The third-order valence-electron chi connectivity index (χ3n) is 5.09. The number of carbonyl (C=O) groups excluding carboxylic acids is 1. The number of aromatic nitrogens is 2. The van der Waals surface area contributed by atoms with E-state index in [1.54, 1.807) is 24.5 Å². The Morgan fingerprint density at radius 3 is 2.77 bits per heavy atom. The van der Waals surface area contributed by atoms with Crippen molar-refractivity contribution in [3.63, 3.8) is 0 Å². The summed E-state index contributed by atoms with van der Waals surface area (Å²) in [6, 6.07) is 24.8. The Hall–Kier alpha value is -4.25. The summed E-state index contributed by atoms with van der Waals surface area (Å²) < 4.78 is 6.07. The molecule has 0 aliphatic carbocycles. The monoisotopic (exact) mass is 405 g/mol. The van der Waals surface area contributed by atoms with Crippen molar-refractivity contribution < 1.29 is 9.53 Å². The van der Waals surface area contributed by atoms with E-state index in [0.29, 0.717) is 23.6 Å². The molecule has 5 rings (SSSR count). The van der Waals surface area contributed by atoms with Crippen LogP contribution in [0.2, 0.25) is 0 Å². The maximum atomic E-state index is 12.7. The molecule has 0 radical (unpaired) electrons. The molecule has 0 atom stereocenters. The minimum absolute atomic E-state index is 0.153. The third-order valence-corrected chi connectivity index (χ3v) is 5.09. The van der Waals surface area contributed by atoms with Crippen LogP contribution in [0.1, 0.15) is 15.9 Å². The van der Waals surface area contributed by atoms with Gasteiger partial charge in [0.05, 0.1) is 5.52 Å². The molecule has 5 nitrogen and oxygen atoms in total. The number of fused-ring (bicyclic) bond motifs is 2. The second kappa shape index (κ2) is 8.24. The Morgan fingerprint density at radius 1 is 0.871 bits per heavy atom. The van der Waals surface area contributed by atoms with Gasteiger partial charge in [-0.25, -0.2) is 0 Å². The average molecular weight is 405 g/mol. The number of hydrogen-bond acceptors (Lipinski definition) is 4. The van der Waals surface area contributed by atoms with Crippen LogP contribution < -0.4 is 10.1 Å². The van der Waals surface area contributed by atoms with Gasteiger partial charge in [0.2, 0.25) is 0 Å². The molecule has 1 N–H and O–H groups in total. The maximum absolute atomic E-state index is 12.7. The summed E-state index contributed by atoms with van der Waals surface area (Å²) in [4.78, 5) is 21.2. The average Bonchev–Trinajstić information content (AvgIpc) is 2.83. The van der Waals surface area contributed by atoms with Gasteiger partial charge in [0.25, 0.3) is 5.91 Å². The van der Waals surface area contributed by atoms with Crippen LogP contribution in [-0.4, -0.2) is 15.9 Å². The Bertz CT molecular complexity index is 1390. The van der Waals surface area contributed by atoms with E-state index in [1.807, 2.05) is 66.9 Å². The molecule has 0 spiro atoms. The Labute approximate surface area is 179 Å². The van der Waals surface area contributed by atoms with Gasteiger partial charge in [0.15, 0.2) is 0 Å². The molecule has 0 fully saturated rings. The molecule has 0 saturated carbocycles. The highest BCUT2D eigenvalue weighted by Crippen LogP contribution is 2.29. The van der Waals surface area contributed by atoms with Crippen molar-refractivity contribution in [3.8, 4) is 11.5 Å². The molecule has 150 valence electrons. The first-order chi connectivity index (χ1) is 15.3. The first-order valence-corrected chi connectivity index (χ1v) is 9.99. The number of hydrogen-bond donors (Lipinski definition) is 1. The predicted molar refractivity (Wildman–Crippen MR) is 121 cm³/mol. The maximum Gasteiger partial charge on any atom is 0.251 e. The molecule has 3 aromatic carbocycles. The normalized spacial score (nSPS) is 10.8. The van der Waals surface area contributed by atoms with Gasteiger partial charge in [-0.1, -0.05) is 30.3 Å². The molecule has 2 heterocycles. The lowest BCUT2D eigenvalue weighted by atomic mass is 10.1. The highest BCUT2D eigenvalue weighted by atomic mass is 16.5. The zero-order valence-corrected chi connectivity index (χ0v) is 16.7. The van der Waals surface area contributed by atoms with Crippen molar-refractivity contribution in [3.05, 3.63) is 109 Å². The van der Waals surface area contributed by atoms with Crippen molar-refractivity contribution in [1.29, 1.82) is 0 Å².